The third kappa shape index (κ3) is 4.01. The molecule has 0 unspecified atom stereocenters. The Bertz CT molecular complexity index is 487. The van der Waals surface area contributed by atoms with Gasteiger partial charge in [0.25, 0.3) is 0 Å². The first-order chi connectivity index (χ1) is 8.32. The average molecular weight is 379 g/mol. The molecule has 0 aliphatic carbocycles. The number of hydrogen-bond donors (Lipinski definition) is 0. The van der Waals surface area contributed by atoms with Gasteiger partial charge in [-0.05, 0) is 0 Å². The molecule has 0 N–H and O–H groups in total. The van der Waals surface area contributed by atoms with Crippen LogP contribution in [0.1, 0.15) is 19.4 Å². The molecule has 0 spiro atoms. The summed E-state index contributed by atoms with van der Waals surface area (Å²) in [7, 11) is 15.5. The Balaban J connectivity index is 3.34. The van der Waals surface area contributed by atoms with Crippen molar-refractivity contribution < 1.29 is 22.8 Å². The van der Waals surface area contributed by atoms with E-state index in [1.165, 1.54) is 12.1 Å². The van der Waals surface area contributed by atoms with E-state index in [2.05, 4.69) is 11.5 Å². The van der Waals surface area contributed by atoms with Crippen LogP contribution in [-0.2, 0) is 17.9 Å². The number of halogens is 2. The quantitative estimate of drug-likeness (QED) is 0.260. The van der Waals surface area contributed by atoms with E-state index < -0.39 is 18.4 Å². The van der Waals surface area contributed by atoms with Crippen LogP contribution >= 0.6 is 19.4 Å². The maximum absolute atomic E-state index is 10.8. The number of rotatable bonds is 4. The summed E-state index contributed by atoms with van der Waals surface area (Å²) in [4.78, 5) is 10.3. The first-order valence-corrected chi connectivity index (χ1v) is 10.4. The van der Waals surface area contributed by atoms with Gasteiger partial charge < -0.3 is 0 Å². The van der Waals surface area contributed by atoms with E-state index in [1.54, 1.807) is 10.7 Å². The molecule has 0 amide bonds. The third-order valence-electron chi connectivity index (χ3n) is 2.24. The standard InChI is InChI=1S/C11H13NO3.2ClH.Ru/c1-8(2)15(4)11-6-5-10(12(13)14)7-9(11)3;;;/h3,5-8H,4H2,1-2H3;2*1H;/q;;;+2/p-2. The van der Waals surface area contributed by atoms with E-state index in [-0.39, 0.29) is 11.8 Å². The molecule has 7 heteroatoms. The number of nitro benzene ring substituents is 1. The Labute approximate surface area is 119 Å². The molecule has 0 heterocycles. The van der Waals surface area contributed by atoms with Crippen molar-refractivity contribution in [3.05, 3.63) is 41.0 Å². The summed E-state index contributed by atoms with van der Waals surface area (Å²) in [5.74, 6) is 0.704. The van der Waals surface area contributed by atoms with Crippen LogP contribution in [0.4, 0.5) is 5.69 Å². The van der Waals surface area contributed by atoms with Crippen molar-refractivity contribution in [1.82, 2.24) is 0 Å². The van der Waals surface area contributed by atoms with Gasteiger partial charge in [-0.25, -0.2) is 0 Å². The Morgan fingerprint density at radius 2 is 2.11 bits per heavy atom. The predicted molar refractivity (Wildman–Crippen MR) is 71.0 cm³/mol. The molecule has 0 aliphatic heterocycles. The Kier molecular flexibility index (Phi) is 5.70. The zero-order valence-electron chi connectivity index (χ0n) is 9.88. The molecule has 0 aromatic heterocycles. The van der Waals surface area contributed by atoms with Crippen LogP contribution in [0.5, 0.6) is 5.75 Å². The SMILES string of the molecule is [CH2-][O+](c1ccc([N+](=O)[O-])cc1[CH]=[Ru]([Cl])[Cl])C(C)C. The molecule has 0 atom stereocenters. The van der Waals surface area contributed by atoms with Crippen molar-refractivity contribution in [3.63, 3.8) is 0 Å². The predicted octanol–water partition coefficient (Wildman–Crippen LogP) is 4.14. The van der Waals surface area contributed by atoms with E-state index in [1.807, 2.05) is 13.8 Å². The van der Waals surface area contributed by atoms with Crippen molar-refractivity contribution in [2.45, 2.75) is 20.0 Å². The van der Waals surface area contributed by atoms with Crippen molar-refractivity contribution in [2.75, 3.05) is 0 Å². The zero-order chi connectivity index (χ0) is 13.9. The van der Waals surface area contributed by atoms with Crippen LogP contribution in [0.15, 0.2) is 18.2 Å². The van der Waals surface area contributed by atoms with Crippen LogP contribution < -0.4 is 0 Å². The molecule has 0 saturated carbocycles. The van der Waals surface area contributed by atoms with Crippen molar-refractivity contribution in [1.29, 1.82) is 0 Å². The van der Waals surface area contributed by atoms with Crippen LogP contribution in [0.2, 0.25) is 0 Å². The zero-order valence-corrected chi connectivity index (χ0v) is 13.1. The van der Waals surface area contributed by atoms with Crippen molar-refractivity contribution >= 4 is 29.7 Å². The maximum atomic E-state index is 10.8. The van der Waals surface area contributed by atoms with E-state index in [0.717, 1.165) is 0 Å². The molecule has 0 saturated heterocycles. The van der Waals surface area contributed by atoms with E-state index >= 15 is 0 Å². The summed E-state index contributed by atoms with van der Waals surface area (Å²) in [6, 6.07) is 4.52. The fourth-order valence-electron chi connectivity index (χ4n) is 1.31. The molecule has 0 fully saturated rings. The molecule has 1 aromatic carbocycles. The van der Waals surface area contributed by atoms with E-state index in [4.69, 9.17) is 19.4 Å². The van der Waals surface area contributed by atoms with Gasteiger partial charge in [0.1, 0.15) is 0 Å². The van der Waals surface area contributed by atoms with Gasteiger partial charge in [0, 0.05) is 0 Å². The second-order valence-electron chi connectivity index (χ2n) is 3.76. The van der Waals surface area contributed by atoms with Crippen molar-refractivity contribution in [3.8, 4) is 5.75 Å². The summed E-state index contributed by atoms with van der Waals surface area (Å²) in [6.45, 7) is 3.89. The summed E-state index contributed by atoms with van der Waals surface area (Å²) >= 11 is -2.06. The van der Waals surface area contributed by atoms with Crippen LogP contribution in [0.3, 0.4) is 0 Å². The number of benzene rings is 1. The molecule has 102 valence electrons. The molecule has 0 radical (unpaired) electrons. The monoisotopic (exact) mass is 379 g/mol. The molecule has 18 heavy (non-hydrogen) atoms. The second kappa shape index (κ2) is 6.60. The second-order valence-corrected chi connectivity index (χ2v) is 9.49. The molecular formula is C11H13Cl2NO3Ru. The summed E-state index contributed by atoms with van der Waals surface area (Å²) < 4.78 is 4.31. The van der Waals surface area contributed by atoms with Crippen molar-refractivity contribution in [2.24, 2.45) is 0 Å². The summed E-state index contributed by atoms with van der Waals surface area (Å²) in [5.41, 5.74) is 0.633. The Morgan fingerprint density at radius 1 is 1.50 bits per heavy atom. The van der Waals surface area contributed by atoms with Crippen LogP contribution in [0, 0.1) is 17.2 Å². The summed E-state index contributed by atoms with van der Waals surface area (Å²) in [5, 5.41) is 10.8. The number of hydrogen-bond acceptors (Lipinski definition) is 2. The molecule has 1 aromatic rings. The third-order valence-corrected chi connectivity index (χ3v) is 4.08. The molecule has 0 bridgehead atoms. The fraction of sp³-hybridized carbons (Fsp3) is 0.273. The minimum atomic E-state index is -2.06. The normalized spacial score (nSPS) is 11.3. The molecular weight excluding hydrogens is 366 g/mol. The van der Waals surface area contributed by atoms with Gasteiger partial charge in [0.15, 0.2) is 0 Å². The molecule has 1 rings (SSSR count). The van der Waals surface area contributed by atoms with Gasteiger partial charge in [0.2, 0.25) is 0 Å². The van der Waals surface area contributed by atoms with Crippen LogP contribution in [-0.4, -0.2) is 15.6 Å². The first kappa shape index (κ1) is 15.6. The number of nitrogens with zero attached hydrogens (tertiary/aromatic N) is 1. The van der Waals surface area contributed by atoms with Gasteiger partial charge in [-0.1, -0.05) is 0 Å². The Morgan fingerprint density at radius 3 is 2.56 bits per heavy atom. The molecule has 0 aliphatic rings. The van der Waals surface area contributed by atoms with Gasteiger partial charge in [-0.2, -0.15) is 0 Å². The fourth-order valence-corrected chi connectivity index (χ4v) is 3.09. The van der Waals surface area contributed by atoms with E-state index in [9.17, 15) is 10.1 Å². The van der Waals surface area contributed by atoms with E-state index in [0.29, 0.717) is 11.3 Å². The topological polar surface area (TPSA) is 45.8 Å². The van der Waals surface area contributed by atoms with Gasteiger partial charge in [0.05, 0.1) is 0 Å². The van der Waals surface area contributed by atoms with Gasteiger partial charge in [-0.15, -0.1) is 0 Å². The number of nitro groups is 1. The van der Waals surface area contributed by atoms with Gasteiger partial charge in [-0.3, -0.25) is 0 Å². The molecule has 4 nitrogen and oxygen atoms in total. The number of non-ortho nitro benzene ring substituents is 1. The first-order valence-electron chi connectivity index (χ1n) is 4.97. The Hall–Kier alpha value is -0.507. The minimum absolute atomic E-state index is 0.00603. The van der Waals surface area contributed by atoms with Gasteiger partial charge >= 0.3 is 119 Å². The van der Waals surface area contributed by atoms with Crippen LogP contribution in [0.25, 0.3) is 0 Å². The average Bonchev–Trinajstić information content (AvgIpc) is 2.26. The summed E-state index contributed by atoms with van der Waals surface area (Å²) in [6.07, 6.45) is 0.0879.